The first-order valence-corrected chi connectivity index (χ1v) is 4.46. The van der Waals surface area contributed by atoms with Gasteiger partial charge in [-0.05, 0) is 6.08 Å². The van der Waals surface area contributed by atoms with Crippen molar-refractivity contribution in [2.75, 3.05) is 26.7 Å². The van der Waals surface area contributed by atoms with Crippen LogP contribution in [0, 0.1) is 0 Å². The van der Waals surface area contributed by atoms with E-state index in [0.717, 1.165) is 19.0 Å². The summed E-state index contributed by atoms with van der Waals surface area (Å²) in [6.45, 7) is 2.45. The lowest BCUT2D eigenvalue weighted by Crippen LogP contribution is -2.35. The fraction of sp³-hybridized carbons (Fsp3) is 0.571. The molecule has 0 aliphatic carbocycles. The fourth-order valence-corrected chi connectivity index (χ4v) is 1.10. The van der Waals surface area contributed by atoms with Gasteiger partial charge < -0.3 is 10.2 Å². The average molecular weight is 208 g/mol. The molecule has 0 fully saturated rings. The summed E-state index contributed by atoms with van der Waals surface area (Å²) < 4.78 is 0.281. The Labute approximate surface area is 82.0 Å². The average Bonchev–Trinajstić information content (AvgIpc) is 2.36. The highest BCUT2D eigenvalue weighted by Gasteiger charge is 2.09. The SMILES string of the molecule is CN1CCN=C1NCC=C(Cl)Cl. The normalized spacial score (nSPS) is 15.9. The summed E-state index contributed by atoms with van der Waals surface area (Å²) in [6.07, 6.45) is 1.69. The van der Waals surface area contributed by atoms with E-state index < -0.39 is 0 Å². The van der Waals surface area contributed by atoms with Crippen molar-refractivity contribution in [1.29, 1.82) is 0 Å². The van der Waals surface area contributed by atoms with Crippen molar-refractivity contribution < 1.29 is 0 Å². The zero-order valence-electron chi connectivity index (χ0n) is 6.85. The van der Waals surface area contributed by atoms with E-state index in [-0.39, 0.29) is 4.49 Å². The Morgan fingerprint density at radius 2 is 2.50 bits per heavy atom. The molecule has 1 aliphatic rings. The topological polar surface area (TPSA) is 27.6 Å². The summed E-state index contributed by atoms with van der Waals surface area (Å²) in [5.74, 6) is 0.904. The molecule has 0 saturated carbocycles. The van der Waals surface area contributed by atoms with Gasteiger partial charge in [0.25, 0.3) is 0 Å². The summed E-state index contributed by atoms with van der Waals surface area (Å²) >= 11 is 10.9. The van der Waals surface area contributed by atoms with E-state index in [0.29, 0.717) is 6.54 Å². The van der Waals surface area contributed by atoms with Gasteiger partial charge in [0.15, 0.2) is 5.96 Å². The van der Waals surface area contributed by atoms with Crippen LogP contribution in [0.15, 0.2) is 15.6 Å². The molecule has 0 aromatic heterocycles. The highest BCUT2D eigenvalue weighted by atomic mass is 35.5. The van der Waals surface area contributed by atoms with Crippen LogP contribution >= 0.6 is 23.2 Å². The van der Waals surface area contributed by atoms with Crippen LogP contribution in [0.3, 0.4) is 0 Å². The summed E-state index contributed by atoms with van der Waals surface area (Å²) in [6, 6.07) is 0. The monoisotopic (exact) mass is 207 g/mol. The number of aliphatic imine (C=N–C) groups is 1. The van der Waals surface area contributed by atoms with E-state index in [1.54, 1.807) is 6.08 Å². The maximum atomic E-state index is 5.43. The van der Waals surface area contributed by atoms with Crippen LogP contribution in [-0.2, 0) is 0 Å². The van der Waals surface area contributed by atoms with Crippen LogP contribution in [0.5, 0.6) is 0 Å². The van der Waals surface area contributed by atoms with Gasteiger partial charge in [-0.15, -0.1) is 0 Å². The molecule has 3 nitrogen and oxygen atoms in total. The number of halogens is 2. The summed E-state index contributed by atoms with van der Waals surface area (Å²) in [7, 11) is 1.99. The first-order valence-electron chi connectivity index (χ1n) is 3.71. The third-order valence-electron chi connectivity index (χ3n) is 1.58. The first-order chi connectivity index (χ1) is 5.70. The van der Waals surface area contributed by atoms with Gasteiger partial charge in [-0.2, -0.15) is 0 Å². The van der Waals surface area contributed by atoms with Gasteiger partial charge in [0.2, 0.25) is 0 Å². The highest BCUT2D eigenvalue weighted by molar-refractivity contribution is 6.55. The summed E-state index contributed by atoms with van der Waals surface area (Å²) in [4.78, 5) is 6.28. The molecule has 1 heterocycles. The van der Waals surface area contributed by atoms with Crippen LogP contribution in [0.4, 0.5) is 0 Å². The van der Waals surface area contributed by atoms with Gasteiger partial charge >= 0.3 is 0 Å². The van der Waals surface area contributed by atoms with E-state index >= 15 is 0 Å². The Morgan fingerprint density at radius 1 is 1.75 bits per heavy atom. The molecule has 1 N–H and O–H groups in total. The predicted octanol–water partition coefficient (Wildman–Crippen LogP) is 1.20. The number of likely N-dealkylation sites (N-methyl/N-ethyl adjacent to an activating group) is 1. The molecule has 12 heavy (non-hydrogen) atoms. The zero-order chi connectivity index (χ0) is 8.97. The Morgan fingerprint density at radius 3 is 3.00 bits per heavy atom. The number of guanidine groups is 1. The Kier molecular flexibility index (Phi) is 3.69. The lowest BCUT2D eigenvalue weighted by atomic mass is 10.6. The van der Waals surface area contributed by atoms with Crippen LogP contribution in [0.25, 0.3) is 0 Å². The molecule has 1 aliphatic heterocycles. The highest BCUT2D eigenvalue weighted by Crippen LogP contribution is 2.04. The quantitative estimate of drug-likeness (QED) is 0.738. The molecular weight excluding hydrogens is 197 g/mol. The second-order valence-electron chi connectivity index (χ2n) is 2.50. The molecule has 0 saturated heterocycles. The molecule has 0 aromatic rings. The number of hydrogen-bond donors (Lipinski definition) is 1. The summed E-state index contributed by atoms with van der Waals surface area (Å²) in [5.41, 5.74) is 0. The van der Waals surface area contributed by atoms with Crippen molar-refractivity contribution in [3.63, 3.8) is 0 Å². The van der Waals surface area contributed by atoms with E-state index in [1.165, 1.54) is 0 Å². The largest absolute Gasteiger partial charge is 0.353 e. The van der Waals surface area contributed by atoms with Crippen molar-refractivity contribution in [3.05, 3.63) is 10.6 Å². The molecule has 0 atom stereocenters. The minimum Gasteiger partial charge on any atom is -0.353 e. The minimum atomic E-state index is 0.281. The van der Waals surface area contributed by atoms with Gasteiger partial charge in [0, 0.05) is 20.1 Å². The fourth-order valence-electron chi connectivity index (χ4n) is 0.943. The Hall–Kier alpha value is -0.410. The number of hydrogen-bond acceptors (Lipinski definition) is 3. The molecule has 0 radical (unpaired) electrons. The maximum absolute atomic E-state index is 5.43. The van der Waals surface area contributed by atoms with E-state index in [1.807, 2.05) is 7.05 Å². The smallest absolute Gasteiger partial charge is 0.194 e. The predicted molar refractivity (Wildman–Crippen MR) is 52.7 cm³/mol. The van der Waals surface area contributed by atoms with Crippen molar-refractivity contribution in [2.45, 2.75) is 0 Å². The third kappa shape index (κ3) is 2.91. The van der Waals surface area contributed by atoms with E-state index in [2.05, 4.69) is 15.2 Å². The first kappa shape index (κ1) is 9.68. The molecule has 0 spiro atoms. The van der Waals surface area contributed by atoms with E-state index in [4.69, 9.17) is 23.2 Å². The van der Waals surface area contributed by atoms with E-state index in [9.17, 15) is 0 Å². The molecule has 0 bridgehead atoms. The maximum Gasteiger partial charge on any atom is 0.194 e. The number of nitrogens with zero attached hydrogens (tertiary/aromatic N) is 2. The molecule has 68 valence electrons. The van der Waals surface area contributed by atoms with Crippen LogP contribution in [-0.4, -0.2) is 37.5 Å². The zero-order valence-corrected chi connectivity index (χ0v) is 8.36. The van der Waals surface area contributed by atoms with Crippen molar-refractivity contribution in [3.8, 4) is 0 Å². The molecule has 5 heteroatoms. The van der Waals surface area contributed by atoms with Crippen LogP contribution in [0.1, 0.15) is 0 Å². The van der Waals surface area contributed by atoms with Gasteiger partial charge in [0.05, 0.1) is 6.54 Å². The van der Waals surface area contributed by atoms with Crippen LogP contribution < -0.4 is 5.32 Å². The molecule has 0 amide bonds. The lowest BCUT2D eigenvalue weighted by Gasteiger charge is -2.13. The van der Waals surface area contributed by atoms with Crippen molar-refractivity contribution in [2.24, 2.45) is 4.99 Å². The molecule has 0 aromatic carbocycles. The Balaban J connectivity index is 2.28. The molecule has 1 rings (SSSR count). The molecular formula is C7H11Cl2N3. The van der Waals surface area contributed by atoms with Gasteiger partial charge in [0.1, 0.15) is 4.49 Å². The second kappa shape index (κ2) is 4.58. The molecule has 0 unspecified atom stereocenters. The minimum absolute atomic E-state index is 0.281. The summed E-state index contributed by atoms with van der Waals surface area (Å²) in [5, 5.41) is 3.09. The van der Waals surface area contributed by atoms with Gasteiger partial charge in [-0.3, -0.25) is 4.99 Å². The van der Waals surface area contributed by atoms with Crippen LogP contribution in [0.2, 0.25) is 0 Å². The second-order valence-corrected chi connectivity index (χ2v) is 3.51. The van der Waals surface area contributed by atoms with Gasteiger partial charge in [-0.25, -0.2) is 0 Å². The number of rotatable bonds is 2. The van der Waals surface area contributed by atoms with Crippen molar-refractivity contribution >= 4 is 29.2 Å². The third-order valence-corrected chi connectivity index (χ3v) is 1.88. The lowest BCUT2D eigenvalue weighted by molar-refractivity contribution is 0.538. The standard InChI is InChI=1S/C7H11Cl2N3/c1-12-5-4-11-7(12)10-3-2-6(8)9/h2H,3-5H2,1H3,(H,10,11). The van der Waals surface area contributed by atoms with Crippen molar-refractivity contribution in [1.82, 2.24) is 10.2 Å². The number of nitrogens with one attached hydrogen (secondary N) is 1. The Bertz CT molecular complexity index is 209. The van der Waals surface area contributed by atoms with Gasteiger partial charge in [-0.1, -0.05) is 23.2 Å².